The van der Waals surface area contributed by atoms with Crippen LogP contribution >= 0.6 is 11.6 Å². The van der Waals surface area contributed by atoms with Gasteiger partial charge in [0.1, 0.15) is 12.0 Å². The van der Waals surface area contributed by atoms with E-state index < -0.39 is 0 Å². The summed E-state index contributed by atoms with van der Waals surface area (Å²) in [5.41, 5.74) is 0.628. The third-order valence-electron chi connectivity index (χ3n) is 1.34. The van der Waals surface area contributed by atoms with Gasteiger partial charge in [-0.3, -0.25) is 4.79 Å². The number of hydrogen-bond donors (Lipinski definition) is 1. The molecule has 62 valence electrons. The van der Waals surface area contributed by atoms with Crippen LogP contribution in [0.4, 0.5) is 0 Å². The summed E-state index contributed by atoms with van der Waals surface area (Å²) in [6.45, 7) is 0. The monoisotopic (exact) mass is 182 g/mol. The van der Waals surface area contributed by atoms with Gasteiger partial charge in [-0.25, -0.2) is 0 Å². The molecule has 0 heterocycles. The molecule has 0 aliphatic carbocycles. The molecule has 0 saturated carbocycles. The zero-order valence-electron chi connectivity index (χ0n) is 6.20. The van der Waals surface area contributed by atoms with E-state index in [1.807, 2.05) is 0 Å². The van der Waals surface area contributed by atoms with Gasteiger partial charge in [0.25, 0.3) is 0 Å². The maximum absolute atomic E-state index is 10.1. The van der Waals surface area contributed by atoms with E-state index in [0.717, 1.165) is 0 Å². The number of allylic oxidation sites excluding steroid dienone is 1. The highest BCUT2D eigenvalue weighted by Crippen LogP contribution is 2.21. The van der Waals surface area contributed by atoms with Gasteiger partial charge in [-0.2, -0.15) is 0 Å². The normalized spacial score (nSPS) is 11.2. The lowest BCUT2D eigenvalue weighted by molar-refractivity contribution is -0.104. The fourth-order valence-corrected chi connectivity index (χ4v) is 0.979. The van der Waals surface area contributed by atoms with Crippen LogP contribution in [0.25, 0.3) is 5.03 Å². The number of benzene rings is 1. The molecule has 0 aliphatic heterocycles. The van der Waals surface area contributed by atoms with Crippen LogP contribution < -0.4 is 0 Å². The molecule has 1 aromatic rings. The summed E-state index contributed by atoms with van der Waals surface area (Å²) < 4.78 is 0. The van der Waals surface area contributed by atoms with Crippen LogP contribution in [0.5, 0.6) is 5.75 Å². The Balaban J connectivity index is 3.03. The maximum atomic E-state index is 10.1. The van der Waals surface area contributed by atoms with Gasteiger partial charge in [0.05, 0.1) is 5.03 Å². The number of rotatable bonds is 2. The summed E-state index contributed by atoms with van der Waals surface area (Å²) >= 11 is 5.70. The van der Waals surface area contributed by atoms with E-state index in [1.54, 1.807) is 12.1 Å². The van der Waals surface area contributed by atoms with Crippen LogP contribution in [0.3, 0.4) is 0 Å². The van der Waals surface area contributed by atoms with Crippen molar-refractivity contribution >= 4 is 22.9 Å². The average molecular weight is 183 g/mol. The van der Waals surface area contributed by atoms with Crippen molar-refractivity contribution < 1.29 is 9.90 Å². The Bertz CT molecular complexity index is 318. The molecule has 0 atom stereocenters. The van der Waals surface area contributed by atoms with Crippen molar-refractivity contribution in [1.29, 1.82) is 0 Å². The molecule has 0 spiro atoms. The van der Waals surface area contributed by atoms with Crippen LogP contribution in [0.2, 0.25) is 0 Å². The SMILES string of the molecule is O=C/C=C(\Cl)c1cccc(O)c1. The summed E-state index contributed by atoms with van der Waals surface area (Å²) in [6.07, 6.45) is 1.84. The molecule has 1 rings (SSSR count). The summed E-state index contributed by atoms with van der Waals surface area (Å²) in [7, 11) is 0. The zero-order valence-corrected chi connectivity index (χ0v) is 6.95. The van der Waals surface area contributed by atoms with Crippen molar-refractivity contribution in [3.63, 3.8) is 0 Å². The van der Waals surface area contributed by atoms with Gasteiger partial charge in [0, 0.05) is 0 Å². The quantitative estimate of drug-likeness (QED) is 0.562. The number of aldehydes is 1. The largest absolute Gasteiger partial charge is 0.508 e. The lowest BCUT2D eigenvalue weighted by atomic mass is 10.2. The van der Waals surface area contributed by atoms with Crippen molar-refractivity contribution in [2.75, 3.05) is 0 Å². The predicted octanol–water partition coefficient (Wildman–Crippen LogP) is 2.17. The fraction of sp³-hybridized carbons (Fsp3) is 0. The molecule has 0 amide bonds. The van der Waals surface area contributed by atoms with Crippen LogP contribution in [-0.2, 0) is 4.79 Å². The first kappa shape index (κ1) is 8.81. The first-order chi connectivity index (χ1) is 5.74. The summed E-state index contributed by atoms with van der Waals surface area (Å²) in [4.78, 5) is 10.1. The second-order valence-electron chi connectivity index (χ2n) is 2.20. The Kier molecular flexibility index (Phi) is 2.88. The molecule has 0 aromatic heterocycles. The third-order valence-corrected chi connectivity index (χ3v) is 1.68. The minimum absolute atomic E-state index is 0.130. The average Bonchev–Trinajstić information content (AvgIpc) is 2.05. The maximum Gasteiger partial charge on any atom is 0.144 e. The Morgan fingerprint density at radius 3 is 2.83 bits per heavy atom. The number of phenolic OH excluding ortho intramolecular Hbond substituents is 1. The second-order valence-corrected chi connectivity index (χ2v) is 2.61. The van der Waals surface area contributed by atoms with E-state index in [1.165, 1.54) is 18.2 Å². The van der Waals surface area contributed by atoms with E-state index >= 15 is 0 Å². The van der Waals surface area contributed by atoms with Crippen LogP contribution in [0.15, 0.2) is 30.3 Å². The van der Waals surface area contributed by atoms with E-state index in [2.05, 4.69) is 0 Å². The highest BCUT2D eigenvalue weighted by atomic mass is 35.5. The highest BCUT2D eigenvalue weighted by Gasteiger charge is 1.97. The van der Waals surface area contributed by atoms with Gasteiger partial charge in [-0.15, -0.1) is 0 Å². The fourth-order valence-electron chi connectivity index (χ4n) is 0.810. The van der Waals surface area contributed by atoms with E-state index in [-0.39, 0.29) is 5.75 Å². The minimum Gasteiger partial charge on any atom is -0.508 e. The minimum atomic E-state index is 0.130. The van der Waals surface area contributed by atoms with Crippen LogP contribution in [-0.4, -0.2) is 11.4 Å². The molecular formula is C9H7ClO2. The van der Waals surface area contributed by atoms with Crippen molar-refractivity contribution in [1.82, 2.24) is 0 Å². The number of carbonyl (C=O) groups excluding carboxylic acids is 1. The number of aromatic hydroxyl groups is 1. The Morgan fingerprint density at radius 1 is 1.50 bits per heavy atom. The standard InChI is InChI=1S/C9H7ClO2/c10-9(4-5-11)7-2-1-3-8(12)6-7/h1-6,12H/b9-4-. The molecule has 0 saturated heterocycles. The predicted molar refractivity (Wildman–Crippen MR) is 48.0 cm³/mol. The molecule has 2 nitrogen and oxygen atoms in total. The summed E-state index contributed by atoms with van der Waals surface area (Å²) in [5, 5.41) is 9.38. The number of halogens is 1. The molecule has 0 bridgehead atoms. The number of carbonyl (C=O) groups is 1. The van der Waals surface area contributed by atoms with Gasteiger partial charge >= 0.3 is 0 Å². The number of hydrogen-bond acceptors (Lipinski definition) is 2. The lowest BCUT2D eigenvalue weighted by Gasteiger charge is -1.97. The number of phenols is 1. The third kappa shape index (κ3) is 2.10. The van der Waals surface area contributed by atoms with E-state index in [0.29, 0.717) is 16.9 Å². The van der Waals surface area contributed by atoms with Gasteiger partial charge in [-0.05, 0) is 23.8 Å². The molecule has 1 aromatic carbocycles. The summed E-state index contributed by atoms with van der Waals surface area (Å²) in [5.74, 6) is 0.130. The van der Waals surface area contributed by atoms with Gasteiger partial charge in [0.2, 0.25) is 0 Å². The smallest absolute Gasteiger partial charge is 0.144 e. The van der Waals surface area contributed by atoms with Crippen molar-refractivity contribution in [3.8, 4) is 5.75 Å². The highest BCUT2D eigenvalue weighted by molar-refractivity contribution is 6.49. The molecule has 1 N–H and O–H groups in total. The first-order valence-electron chi connectivity index (χ1n) is 3.34. The molecule has 3 heteroatoms. The zero-order chi connectivity index (χ0) is 8.97. The summed E-state index contributed by atoms with van der Waals surface area (Å²) in [6, 6.07) is 6.39. The molecule has 0 unspecified atom stereocenters. The Hall–Kier alpha value is -1.28. The van der Waals surface area contributed by atoms with Gasteiger partial charge in [0.15, 0.2) is 0 Å². The topological polar surface area (TPSA) is 37.3 Å². The van der Waals surface area contributed by atoms with Gasteiger partial charge < -0.3 is 5.11 Å². The molecular weight excluding hydrogens is 176 g/mol. The second kappa shape index (κ2) is 3.93. The van der Waals surface area contributed by atoms with Gasteiger partial charge in [-0.1, -0.05) is 23.7 Å². The van der Waals surface area contributed by atoms with Crippen LogP contribution in [0, 0.1) is 0 Å². The van der Waals surface area contributed by atoms with Crippen molar-refractivity contribution in [2.45, 2.75) is 0 Å². The first-order valence-corrected chi connectivity index (χ1v) is 3.72. The molecule has 0 aliphatic rings. The molecule has 0 radical (unpaired) electrons. The van der Waals surface area contributed by atoms with Crippen LogP contribution in [0.1, 0.15) is 5.56 Å². The molecule has 12 heavy (non-hydrogen) atoms. The van der Waals surface area contributed by atoms with Crippen molar-refractivity contribution in [2.24, 2.45) is 0 Å². The Labute approximate surface area is 75.1 Å². The lowest BCUT2D eigenvalue weighted by Crippen LogP contribution is -1.76. The van der Waals surface area contributed by atoms with E-state index in [9.17, 15) is 4.79 Å². The Morgan fingerprint density at radius 2 is 2.25 bits per heavy atom. The van der Waals surface area contributed by atoms with Crippen molar-refractivity contribution in [3.05, 3.63) is 35.9 Å². The van der Waals surface area contributed by atoms with E-state index in [4.69, 9.17) is 16.7 Å². The molecule has 0 fully saturated rings.